The predicted molar refractivity (Wildman–Crippen MR) is 85.8 cm³/mol. The van der Waals surface area contributed by atoms with Crippen molar-refractivity contribution in [3.05, 3.63) is 58.8 Å². The third-order valence-electron chi connectivity index (χ3n) is 3.38. The van der Waals surface area contributed by atoms with Gasteiger partial charge in [-0.15, -0.1) is 0 Å². The second-order valence-corrected chi connectivity index (χ2v) is 5.36. The fraction of sp³-hybridized carbons (Fsp3) is 0.125. The summed E-state index contributed by atoms with van der Waals surface area (Å²) in [7, 11) is 1.49. The van der Waals surface area contributed by atoms with Gasteiger partial charge in [0.25, 0.3) is 5.91 Å². The average molecular weight is 334 g/mol. The Balaban J connectivity index is 2.03. The van der Waals surface area contributed by atoms with Crippen molar-refractivity contribution in [1.29, 1.82) is 0 Å². The monoisotopic (exact) mass is 333 g/mol. The van der Waals surface area contributed by atoms with Crippen LogP contribution in [0.2, 0.25) is 5.02 Å². The van der Waals surface area contributed by atoms with Crippen molar-refractivity contribution in [2.24, 2.45) is 0 Å². The van der Waals surface area contributed by atoms with Crippen LogP contribution in [-0.2, 0) is 0 Å². The molecule has 2 heterocycles. The van der Waals surface area contributed by atoms with Gasteiger partial charge < -0.3 is 10.1 Å². The Bertz CT molecular complexity index is 908. The maximum Gasteiger partial charge on any atom is 0.274 e. The number of anilines is 1. The summed E-state index contributed by atoms with van der Waals surface area (Å²) in [6, 6.07) is 7.70. The number of carbonyl (C=O) groups excluding carboxylic acids is 1. The second kappa shape index (κ2) is 5.89. The molecule has 0 aliphatic heterocycles. The third-order valence-corrected chi connectivity index (χ3v) is 3.62. The van der Waals surface area contributed by atoms with Crippen molar-refractivity contribution >= 4 is 28.8 Å². The zero-order valence-corrected chi connectivity index (χ0v) is 13.2. The van der Waals surface area contributed by atoms with E-state index >= 15 is 0 Å². The number of carbonyl (C=O) groups is 1. The number of aromatic nitrogens is 2. The van der Waals surface area contributed by atoms with E-state index in [2.05, 4.69) is 10.3 Å². The van der Waals surface area contributed by atoms with Crippen LogP contribution >= 0.6 is 11.6 Å². The minimum atomic E-state index is -0.454. The van der Waals surface area contributed by atoms with Gasteiger partial charge in [-0.2, -0.15) is 0 Å². The molecule has 23 heavy (non-hydrogen) atoms. The standard InChI is InChI=1S/C16H13ClFN3O2/c1-9-15(21-8-11(18)4-6-14(21)19-9)16(22)20-12-7-10(17)3-5-13(12)23-2/h3-8H,1-2H3,(H,20,22). The molecular formula is C16H13ClFN3O2. The Labute approximate surface area is 136 Å². The molecule has 2 aromatic heterocycles. The van der Waals surface area contributed by atoms with Gasteiger partial charge in [0.05, 0.1) is 18.5 Å². The normalized spacial score (nSPS) is 10.8. The van der Waals surface area contributed by atoms with E-state index in [9.17, 15) is 9.18 Å². The molecule has 3 rings (SSSR count). The topological polar surface area (TPSA) is 55.6 Å². The molecule has 1 amide bonds. The van der Waals surface area contributed by atoms with Gasteiger partial charge >= 0.3 is 0 Å². The summed E-state index contributed by atoms with van der Waals surface area (Å²) in [5.41, 5.74) is 1.67. The first-order valence-corrected chi connectivity index (χ1v) is 7.16. The number of nitrogens with zero attached hydrogens (tertiary/aromatic N) is 2. The van der Waals surface area contributed by atoms with Crippen LogP contribution in [0.1, 0.15) is 16.2 Å². The molecule has 0 bridgehead atoms. The van der Waals surface area contributed by atoms with Gasteiger partial charge in [-0.25, -0.2) is 9.37 Å². The number of fused-ring (bicyclic) bond motifs is 1. The summed E-state index contributed by atoms with van der Waals surface area (Å²) in [5.74, 6) is -0.411. The first kappa shape index (κ1) is 15.3. The molecule has 0 atom stereocenters. The summed E-state index contributed by atoms with van der Waals surface area (Å²) in [5, 5.41) is 3.19. The van der Waals surface area contributed by atoms with Crippen molar-refractivity contribution in [2.75, 3.05) is 12.4 Å². The van der Waals surface area contributed by atoms with Crippen molar-refractivity contribution < 1.29 is 13.9 Å². The molecule has 7 heteroatoms. The van der Waals surface area contributed by atoms with Crippen molar-refractivity contribution in [2.45, 2.75) is 6.92 Å². The summed E-state index contributed by atoms with van der Waals surface area (Å²) in [6.07, 6.45) is 1.22. The highest BCUT2D eigenvalue weighted by Crippen LogP contribution is 2.28. The number of ether oxygens (including phenoxy) is 1. The van der Waals surface area contributed by atoms with Gasteiger partial charge in [0.1, 0.15) is 22.9 Å². The van der Waals surface area contributed by atoms with Gasteiger partial charge in [-0.05, 0) is 37.3 Å². The van der Waals surface area contributed by atoms with Crippen molar-refractivity contribution in [3.8, 4) is 5.75 Å². The molecule has 0 radical (unpaired) electrons. The van der Waals surface area contributed by atoms with E-state index in [1.165, 1.54) is 29.8 Å². The molecule has 0 saturated heterocycles. The highest BCUT2D eigenvalue weighted by atomic mass is 35.5. The van der Waals surface area contributed by atoms with Gasteiger partial charge in [-0.3, -0.25) is 9.20 Å². The van der Waals surface area contributed by atoms with E-state index in [4.69, 9.17) is 16.3 Å². The van der Waals surface area contributed by atoms with Gasteiger partial charge in [0, 0.05) is 11.2 Å². The number of rotatable bonds is 3. The maximum atomic E-state index is 13.5. The number of aryl methyl sites for hydroxylation is 1. The lowest BCUT2D eigenvalue weighted by Crippen LogP contribution is -2.16. The Hall–Kier alpha value is -2.60. The lowest BCUT2D eigenvalue weighted by atomic mass is 10.2. The third kappa shape index (κ3) is 2.85. The lowest BCUT2D eigenvalue weighted by molar-refractivity contribution is 0.102. The van der Waals surface area contributed by atoms with E-state index in [1.807, 2.05) is 0 Å². The lowest BCUT2D eigenvalue weighted by Gasteiger charge is -2.11. The van der Waals surface area contributed by atoms with Crippen LogP contribution in [0.25, 0.3) is 5.65 Å². The van der Waals surface area contributed by atoms with Crippen molar-refractivity contribution in [3.63, 3.8) is 0 Å². The minimum absolute atomic E-state index is 0.251. The SMILES string of the molecule is COc1ccc(Cl)cc1NC(=O)c1c(C)nc2ccc(F)cn12. The number of methoxy groups -OCH3 is 1. The zero-order valence-electron chi connectivity index (χ0n) is 12.4. The molecule has 3 aromatic rings. The van der Waals surface area contributed by atoms with Gasteiger partial charge in [0.2, 0.25) is 0 Å². The summed E-state index contributed by atoms with van der Waals surface area (Å²) < 4.78 is 20.1. The molecule has 1 N–H and O–H groups in total. The Morgan fingerprint density at radius 3 is 2.87 bits per heavy atom. The molecule has 0 aliphatic carbocycles. The molecule has 118 valence electrons. The highest BCUT2D eigenvalue weighted by molar-refractivity contribution is 6.31. The molecule has 1 aromatic carbocycles. The van der Waals surface area contributed by atoms with Crippen molar-refractivity contribution in [1.82, 2.24) is 9.38 Å². The Morgan fingerprint density at radius 2 is 2.13 bits per heavy atom. The maximum absolute atomic E-state index is 13.5. The quantitative estimate of drug-likeness (QED) is 0.795. The molecule has 0 aliphatic rings. The molecule has 0 saturated carbocycles. The van der Waals surface area contributed by atoms with E-state index in [0.717, 1.165) is 0 Å². The zero-order chi connectivity index (χ0) is 16.6. The summed E-state index contributed by atoms with van der Waals surface area (Å²) in [4.78, 5) is 16.9. The number of hydrogen-bond acceptors (Lipinski definition) is 3. The number of nitrogens with one attached hydrogen (secondary N) is 1. The van der Waals surface area contributed by atoms with Crippen LogP contribution < -0.4 is 10.1 Å². The number of imidazole rings is 1. The molecule has 0 fully saturated rings. The fourth-order valence-electron chi connectivity index (χ4n) is 2.37. The number of amides is 1. The number of halogens is 2. The largest absolute Gasteiger partial charge is 0.495 e. The molecule has 0 spiro atoms. The van der Waals surface area contributed by atoms with Crippen LogP contribution in [-0.4, -0.2) is 22.4 Å². The molecule has 0 unspecified atom stereocenters. The second-order valence-electron chi connectivity index (χ2n) is 4.92. The van der Waals surface area contributed by atoms with E-state index in [1.54, 1.807) is 25.1 Å². The van der Waals surface area contributed by atoms with E-state index in [0.29, 0.717) is 27.8 Å². The highest BCUT2D eigenvalue weighted by Gasteiger charge is 2.18. The Morgan fingerprint density at radius 1 is 1.35 bits per heavy atom. The summed E-state index contributed by atoms with van der Waals surface area (Å²) >= 11 is 5.96. The predicted octanol–water partition coefficient (Wildman–Crippen LogP) is 3.70. The number of hydrogen-bond donors (Lipinski definition) is 1. The van der Waals surface area contributed by atoms with E-state index < -0.39 is 11.7 Å². The average Bonchev–Trinajstić information content (AvgIpc) is 2.82. The smallest absolute Gasteiger partial charge is 0.274 e. The fourth-order valence-corrected chi connectivity index (χ4v) is 2.54. The van der Waals surface area contributed by atoms with Gasteiger partial charge in [0.15, 0.2) is 0 Å². The number of pyridine rings is 1. The molecule has 5 nitrogen and oxygen atoms in total. The molecular weight excluding hydrogens is 321 g/mol. The first-order valence-electron chi connectivity index (χ1n) is 6.78. The van der Waals surface area contributed by atoms with Crippen LogP contribution in [0.15, 0.2) is 36.5 Å². The van der Waals surface area contributed by atoms with Crippen LogP contribution in [0.4, 0.5) is 10.1 Å². The van der Waals surface area contributed by atoms with E-state index in [-0.39, 0.29) is 5.69 Å². The van der Waals surface area contributed by atoms with Gasteiger partial charge in [-0.1, -0.05) is 11.6 Å². The van der Waals surface area contributed by atoms with Crippen LogP contribution in [0.3, 0.4) is 0 Å². The van der Waals surface area contributed by atoms with Crippen LogP contribution in [0.5, 0.6) is 5.75 Å². The minimum Gasteiger partial charge on any atom is -0.495 e. The summed E-state index contributed by atoms with van der Waals surface area (Å²) in [6.45, 7) is 1.69. The Kier molecular flexibility index (Phi) is 3.92. The number of benzene rings is 1. The first-order chi connectivity index (χ1) is 11.0. The van der Waals surface area contributed by atoms with Crippen LogP contribution in [0, 0.1) is 12.7 Å².